The van der Waals surface area contributed by atoms with Crippen LogP contribution in [0, 0.1) is 0 Å². The molecular formula is C24H23ClO4S2. The number of hydrogen-bond donors (Lipinski definition) is 0. The Kier molecular flexibility index (Phi) is 6.16. The van der Waals surface area contributed by atoms with Gasteiger partial charge in [-0.05, 0) is 54.5 Å². The maximum atomic E-state index is 13.5. The molecule has 4 rings (SSSR count). The molecule has 1 aliphatic carbocycles. The van der Waals surface area contributed by atoms with E-state index in [0.29, 0.717) is 30.7 Å². The molecule has 0 N–H and O–H groups in total. The fourth-order valence-corrected chi connectivity index (χ4v) is 7.48. The van der Waals surface area contributed by atoms with Crippen molar-refractivity contribution in [2.75, 3.05) is 5.75 Å². The molecule has 0 aromatic heterocycles. The lowest BCUT2D eigenvalue weighted by atomic mass is 9.91. The van der Waals surface area contributed by atoms with E-state index < -0.39 is 15.6 Å². The molecule has 2 aromatic rings. The SMILES string of the molecule is CC(C)c1ccccc1SC1=C(C(=O)c2ccc3c(c2Cl)CCS3(=O)=O)C(=O)CCC1. The summed E-state index contributed by atoms with van der Waals surface area (Å²) in [5.74, 6) is -0.277. The fraction of sp³-hybridized carbons (Fsp3) is 0.333. The maximum absolute atomic E-state index is 13.5. The van der Waals surface area contributed by atoms with Crippen LogP contribution in [-0.2, 0) is 21.1 Å². The van der Waals surface area contributed by atoms with Gasteiger partial charge in [0.05, 0.1) is 21.2 Å². The number of carbonyl (C=O) groups is 2. The van der Waals surface area contributed by atoms with Gasteiger partial charge in [-0.3, -0.25) is 9.59 Å². The lowest BCUT2D eigenvalue weighted by Gasteiger charge is -2.21. The van der Waals surface area contributed by atoms with Crippen LogP contribution in [0.25, 0.3) is 0 Å². The van der Waals surface area contributed by atoms with E-state index in [2.05, 4.69) is 19.9 Å². The molecule has 2 aromatic carbocycles. The van der Waals surface area contributed by atoms with E-state index in [1.165, 1.54) is 29.5 Å². The summed E-state index contributed by atoms with van der Waals surface area (Å²) in [5, 5.41) is 0.154. The number of Topliss-reactive ketones (excluding diaryl/α,β-unsaturated/α-hetero) is 2. The standard InChI is InChI=1S/C24H23ClO4S2/c1-14(2)15-6-3-4-8-19(15)30-20-9-5-7-18(26)22(20)24(27)17-10-11-21-16(23(17)25)12-13-31(21,28)29/h3-4,6,8,10-11,14H,5,7,9,12-13H2,1-2H3. The van der Waals surface area contributed by atoms with Crippen LogP contribution in [0.5, 0.6) is 0 Å². The summed E-state index contributed by atoms with van der Waals surface area (Å²) < 4.78 is 24.3. The van der Waals surface area contributed by atoms with Gasteiger partial charge in [0, 0.05) is 21.8 Å². The van der Waals surface area contributed by atoms with Crippen LogP contribution in [0.1, 0.15) is 60.5 Å². The minimum Gasteiger partial charge on any atom is -0.294 e. The van der Waals surface area contributed by atoms with Crippen molar-refractivity contribution in [3.8, 4) is 0 Å². The second-order valence-corrected chi connectivity index (χ2v) is 11.8. The van der Waals surface area contributed by atoms with Crippen molar-refractivity contribution in [2.45, 2.75) is 55.2 Å². The number of ketones is 2. The first kappa shape index (κ1) is 22.3. The summed E-state index contributed by atoms with van der Waals surface area (Å²) in [5.41, 5.74) is 2.05. The highest BCUT2D eigenvalue weighted by Crippen LogP contribution is 2.42. The molecule has 31 heavy (non-hydrogen) atoms. The molecule has 0 unspecified atom stereocenters. The first-order chi connectivity index (χ1) is 14.7. The topological polar surface area (TPSA) is 68.3 Å². The lowest BCUT2D eigenvalue weighted by Crippen LogP contribution is -2.19. The fourth-order valence-electron chi connectivity index (χ4n) is 4.14. The molecule has 0 radical (unpaired) electrons. The van der Waals surface area contributed by atoms with Crippen molar-refractivity contribution in [3.63, 3.8) is 0 Å². The predicted molar refractivity (Wildman–Crippen MR) is 124 cm³/mol. The largest absolute Gasteiger partial charge is 0.294 e. The summed E-state index contributed by atoms with van der Waals surface area (Å²) in [7, 11) is -3.35. The first-order valence-electron chi connectivity index (χ1n) is 10.3. The molecule has 4 nitrogen and oxygen atoms in total. The number of fused-ring (bicyclic) bond motifs is 1. The highest BCUT2D eigenvalue weighted by Gasteiger charge is 2.33. The highest BCUT2D eigenvalue weighted by atomic mass is 35.5. The maximum Gasteiger partial charge on any atom is 0.198 e. The Bertz CT molecular complexity index is 1230. The van der Waals surface area contributed by atoms with Crippen LogP contribution in [0.4, 0.5) is 0 Å². The van der Waals surface area contributed by atoms with Gasteiger partial charge >= 0.3 is 0 Å². The smallest absolute Gasteiger partial charge is 0.198 e. The number of hydrogen-bond acceptors (Lipinski definition) is 5. The zero-order valence-electron chi connectivity index (χ0n) is 17.4. The van der Waals surface area contributed by atoms with Gasteiger partial charge in [-0.1, -0.05) is 55.4 Å². The van der Waals surface area contributed by atoms with Gasteiger partial charge in [-0.25, -0.2) is 8.42 Å². The second kappa shape index (κ2) is 8.57. The van der Waals surface area contributed by atoms with Gasteiger partial charge < -0.3 is 0 Å². The third kappa shape index (κ3) is 4.13. The molecule has 1 heterocycles. The molecule has 0 spiro atoms. The molecule has 162 valence electrons. The Labute approximate surface area is 192 Å². The molecule has 0 bridgehead atoms. The molecule has 0 saturated carbocycles. The van der Waals surface area contributed by atoms with Crippen molar-refractivity contribution in [3.05, 3.63) is 68.6 Å². The van der Waals surface area contributed by atoms with E-state index in [-0.39, 0.29) is 39.0 Å². The predicted octanol–water partition coefficient (Wildman–Crippen LogP) is 5.78. The van der Waals surface area contributed by atoms with E-state index in [1.54, 1.807) is 0 Å². The third-order valence-corrected chi connectivity index (χ3v) is 9.24. The molecule has 0 saturated heterocycles. The van der Waals surface area contributed by atoms with E-state index in [1.807, 2.05) is 18.2 Å². The number of sulfone groups is 1. The molecule has 0 fully saturated rings. The minimum atomic E-state index is -3.35. The van der Waals surface area contributed by atoms with Crippen LogP contribution in [0.15, 0.2) is 56.7 Å². The molecule has 2 aliphatic rings. The summed E-state index contributed by atoms with van der Waals surface area (Å²) in [4.78, 5) is 28.3. The van der Waals surface area contributed by atoms with Gasteiger partial charge in [-0.15, -0.1) is 0 Å². The Hall–Kier alpha value is -1.89. The zero-order chi connectivity index (χ0) is 22.3. The number of halogens is 1. The molecule has 0 atom stereocenters. The zero-order valence-corrected chi connectivity index (χ0v) is 19.8. The monoisotopic (exact) mass is 474 g/mol. The summed E-state index contributed by atoms with van der Waals surface area (Å²) >= 11 is 7.98. The van der Waals surface area contributed by atoms with Crippen LogP contribution < -0.4 is 0 Å². The van der Waals surface area contributed by atoms with Crippen LogP contribution in [0.2, 0.25) is 5.02 Å². The second-order valence-electron chi connectivity index (χ2n) is 8.17. The number of benzene rings is 2. The van der Waals surface area contributed by atoms with Crippen molar-refractivity contribution in [2.24, 2.45) is 0 Å². The Balaban J connectivity index is 1.78. The van der Waals surface area contributed by atoms with Crippen molar-refractivity contribution in [1.82, 2.24) is 0 Å². The Morgan fingerprint density at radius 1 is 1.06 bits per heavy atom. The summed E-state index contributed by atoms with van der Waals surface area (Å²) in [6, 6.07) is 10.9. The Morgan fingerprint density at radius 3 is 2.55 bits per heavy atom. The number of carbonyl (C=O) groups excluding carboxylic acids is 2. The normalized spacial score (nSPS) is 17.9. The number of allylic oxidation sites excluding steroid dienone is 2. The van der Waals surface area contributed by atoms with Gasteiger partial charge in [0.15, 0.2) is 21.4 Å². The molecule has 7 heteroatoms. The average molecular weight is 475 g/mol. The van der Waals surface area contributed by atoms with Gasteiger partial charge in [0.1, 0.15) is 0 Å². The van der Waals surface area contributed by atoms with E-state index in [9.17, 15) is 18.0 Å². The highest BCUT2D eigenvalue weighted by molar-refractivity contribution is 8.03. The quantitative estimate of drug-likeness (QED) is 0.406. The van der Waals surface area contributed by atoms with E-state index >= 15 is 0 Å². The first-order valence-corrected chi connectivity index (χ1v) is 13.2. The van der Waals surface area contributed by atoms with E-state index in [4.69, 9.17) is 11.6 Å². The molecular weight excluding hydrogens is 452 g/mol. The average Bonchev–Trinajstić information content (AvgIpc) is 3.04. The van der Waals surface area contributed by atoms with Crippen molar-refractivity contribution < 1.29 is 18.0 Å². The van der Waals surface area contributed by atoms with Crippen LogP contribution in [0.3, 0.4) is 0 Å². The van der Waals surface area contributed by atoms with E-state index in [0.717, 1.165) is 9.80 Å². The van der Waals surface area contributed by atoms with Crippen molar-refractivity contribution >= 4 is 44.8 Å². The van der Waals surface area contributed by atoms with Crippen LogP contribution in [-0.4, -0.2) is 25.7 Å². The van der Waals surface area contributed by atoms with Crippen molar-refractivity contribution in [1.29, 1.82) is 0 Å². The molecule has 0 amide bonds. The van der Waals surface area contributed by atoms with Gasteiger partial charge in [-0.2, -0.15) is 0 Å². The van der Waals surface area contributed by atoms with Gasteiger partial charge in [0.25, 0.3) is 0 Å². The minimum absolute atomic E-state index is 0.00554. The Morgan fingerprint density at radius 2 is 1.81 bits per heavy atom. The summed E-state index contributed by atoms with van der Waals surface area (Å²) in [6.45, 7) is 4.23. The number of thioether (sulfide) groups is 1. The van der Waals surface area contributed by atoms with Gasteiger partial charge in [0.2, 0.25) is 0 Å². The van der Waals surface area contributed by atoms with Crippen LogP contribution >= 0.6 is 23.4 Å². The number of rotatable bonds is 5. The lowest BCUT2D eigenvalue weighted by molar-refractivity contribution is -0.115. The molecule has 1 aliphatic heterocycles. The summed E-state index contributed by atoms with van der Waals surface area (Å²) in [6.07, 6.45) is 1.97. The third-order valence-electron chi connectivity index (χ3n) is 5.77.